The molecule has 0 amide bonds. The molecule has 1 aliphatic rings. The predicted molar refractivity (Wildman–Crippen MR) is 84.2 cm³/mol. The Labute approximate surface area is 125 Å². The first-order chi connectivity index (χ1) is 9.51. The third kappa shape index (κ3) is 8.90. The van der Waals surface area contributed by atoms with Crippen LogP contribution in [0.5, 0.6) is 0 Å². The summed E-state index contributed by atoms with van der Waals surface area (Å²) in [7, 11) is 1.73. The van der Waals surface area contributed by atoms with Gasteiger partial charge in [-0.05, 0) is 65.6 Å². The molecule has 4 nitrogen and oxygen atoms in total. The zero-order chi connectivity index (χ0) is 14.8. The smallest absolute Gasteiger partial charge is 0.0593 e. The first-order valence-electron chi connectivity index (χ1n) is 8.05. The van der Waals surface area contributed by atoms with E-state index in [9.17, 15) is 0 Å². The van der Waals surface area contributed by atoms with Crippen LogP contribution in [0.3, 0.4) is 0 Å². The summed E-state index contributed by atoms with van der Waals surface area (Å²) in [5.74, 6) is 0.841. The maximum atomic E-state index is 5.62. The average Bonchev–Trinajstić information content (AvgIpc) is 2.41. The van der Waals surface area contributed by atoms with Gasteiger partial charge in [0.1, 0.15) is 0 Å². The molecule has 120 valence electrons. The molecule has 0 aromatic heterocycles. The van der Waals surface area contributed by atoms with E-state index in [4.69, 9.17) is 9.47 Å². The Hall–Kier alpha value is -0.160. The molecule has 0 unspecified atom stereocenters. The van der Waals surface area contributed by atoms with Crippen molar-refractivity contribution in [2.24, 2.45) is 5.92 Å². The SMILES string of the molecule is COCCCOCCN1CCC(CNC(C)(C)C)CC1. The lowest BCUT2D eigenvalue weighted by Crippen LogP contribution is -2.43. The van der Waals surface area contributed by atoms with E-state index in [1.165, 1.54) is 25.9 Å². The van der Waals surface area contributed by atoms with Gasteiger partial charge in [0.2, 0.25) is 0 Å². The first-order valence-corrected chi connectivity index (χ1v) is 8.05. The molecule has 1 saturated heterocycles. The van der Waals surface area contributed by atoms with E-state index in [1.807, 2.05) is 0 Å². The highest BCUT2D eigenvalue weighted by atomic mass is 16.5. The van der Waals surface area contributed by atoms with Crippen molar-refractivity contribution < 1.29 is 9.47 Å². The molecular formula is C16H34N2O2. The van der Waals surface area contributed by atoms with Gasteiger partial charge < -0.3 is 19.7 Å². The topological polar surface area (TPSA) is 33.7 Å². The summed E-state index contributed by atoms with van der Waals surface area (Å²) in [6, 6.07) is 0. The largest absolute Gasteiger partial charge is 0.385 e. The maximum Gasteiger partial charge on any atom is 0.0593 e. The van der Waals surface area contributed by atoms with Gasteiger partial charge in [-0.2, -0.15) is 0 Å². The van der Waals surface area contributed by atoms with E-state index >= 15 is 0 Å². The molecule has 0 radical (unpaired) electrons. The molecule has 0 bridgehead atoms. The van der Waals surface area contributed by atoms with Crippen molar-refractivity contribution in [1.29, 1.82) is 0 Å². The molecule has 1 N–H and O–H groups in total. The first kappa shape index (κ1) is 17.9. The number of piperidine rings is 1. The quantitative estimate of drug-likeness (QED) is 0.659. The fraction of sp³-hybridized carbons (Fsp3) is 1.00. The van der Waals surface area contributed by atoms with Crippen molar-refractivity contribution in [3.8, 4) is 0 Å². The average molecular weight is 286 g/mol. The van der Waals surface area contributed by atoms with Crippen LogP contribution in [0.25, 0.3) is 0 Å². The minimum Gasteiger partial charge on any atom is -0.385 e. The lowest BCUT2D eigenvalue weighted by Gasteiger charge is -2.33. The van der Waals surface area contributed by atoms with Crippen LogP contribution in [0, 0.1) is 5.92 Å². The minimum absolute atomic E-state index is 0.243. The number of rotatable bonds is 9. The van der Waals surface area contributed by atoms with Crippen LogP contribution in [-0.4, -0.2) is 63.5 Å². The fourth-order valence-electron chi connectivity index (χ4n) is 2.47. The summed E-state index contributed by atoms with van der Waals surface area (Å²) in [6.45, 7) is 13.9. The fourth-order valence-corrected chi connectivity index (χ4v) is 2.47. The van der Waals surface area contributed by atoms with E-state index in [2.05, 4.69) is 31.0 Å². The molecule has 1 aliphatic heterocycles. The van der Waals surface area contributed by atoms with Crippen molar-refractivity contribution >= 4 is 0 Å². The Morgan fingerprint density at radius 3 is 2.40 bits per heavy atom. The Balaban J connectivity index is 1.99. The molecule has 1 rings (SSSR count). The van der Waals surface area contributed by atoms with E-state index in [1.54, 1.807) is 7.11 Å². The number of methoxy groups -OCH3 is 1. The van der Waals surface area contributed by atoms with Crippen LogP contribution in [0.2, 0.25) is 0 Å². The van der Waals surface area contributed by atoms with Crippen LogP contribution in [0.15, 0.2) is 0 Å². The van der Waals surface area contributed by atoms with Gasteiger partial charge in [0.25, 0.3) is 0 Å². The molecule has 0 spiro atoms. The van der Waals surface area contributed by atoms with Crippen LogP contribution < -0.4 is 5.32 Å². The number of nitrogens with one attached hydrogen (secondary N) is 1. The highest BCUT2D eigenvalue weighted by molar-refractivity contribution is 4.77. The van der Waals surface area contributed by atoms with Gasteiger partial charge in [-0.15, -0.1) is 0 Å². The van der Waals surface area contributed by atoms with Gasteiger partial charge in [0, 0.05) is 32.4 Å². The second-order valence-electron chi connectivity index (χ2n) is 6.87. The van der Waals surface area contributed by atoms with Crippen molar-refractivity contribution in [3.63, 3.8) is 0 Å². The molecule has 1 fully saturated rings. The van der Waals surface area contributed by atoms with Gasteiger partial charge in [0.05, 0.1) is 6.61 Å². The summed E-state index contributed by atoms with van der Waals surface area (Å²) in [5.41, 5.74) is 0.243. The molecule has 1 heterocycles. The van der Waals surface area contributed by atoms with Crippen LogP contribution in [-0.2, 0) is 9.47 Å². The molecule has 0 saturated carbocycles. The Morgan fingerprint density at radius 2 is 1.80 bits per heavy atom. The standard InChI is InChI=1S/C16H34N2O2/c1-16(2,3)17-14-15-6-8-18(9-7-15)10-13-20-12-5-11-19-4/h15,17H,5-14H2,1-4H3. The summed E-state index contributed by atoms with van der Waals surface area (Å²) in [5, 5.41) is 3.62. The lowest BCUT2D eigenvalue weighted by atomic mass is 9.95. The van der Waals surface area contributed by atoms with E-state index < -0.39 is 0 Å². The lowest BCUT2D eigenvalue weighted by molar-refractivity contribution is 0.0733. The minimum atomic E-state index is 0.243. The summed E-state index contributed by atoms with van der Waals surface area (Å²) in [6.07, 6.45) is 3.62. The highest BCUT2D eigenvalue weighted by Gasteiger charge is 2.20. The summed E-state index contributed by atoms with van der Waals surface area (Å²) < 4.78 is 10.6. The van der Waals surface area contributed by atoms with Crippen molar-refractivity contribution in [2.45, 2.75) is 45.6 Å². The number of nitrogens with zero attached hydrogens (tertiary/aromatic N) is 1. The number of hydrogen-bond acceptors (Lipinski definition) is 4. The Bertz CT molecular complexity index is 233. The van der Waals surface area contributed by atoms with E-state index in [0.717, 1.165) is 45.2 Å². The second kappa shape index (κ2) is 9.72. The van der Waals surface area contributed by atoms with E-state index in [-0.39, 0.29) is 5.54 Å². The highest BCUT2D eigenvalue weighted by Crippen LogP contribution is 2.17. The van der Waals surface area contributed by atoms with Gasteiger partial charge >= 0.3 is 0 Å². The van der Waals surface area contributed by atoms with Gasteiger partial charge in [-0.25, -0.2) is 0 Å². The number of likely N-dealkylation sites (tertiary alicyclic amines) is 1. The van der Waals surface area contributed by atoms with Gasteiger partial charge in [0.15, 0.2) is 0 Å². The monoisotopic (exact) mass is 286 g/mol. The summed E-state index contributed by atoms with van der Waals surface area (Å²) in [4.78, 5) is 2.53. The van der Waals surface area contributed by atoms with Crippen LogP contribution in [0.1, 0.15) is 40.0 Å². The van der Waals surface area contributed by atoms with Crippen molar-refractivity contribution in [2.75, 3.05) is 53.1 Å². The Kier molecular flexibility index (Phi) is 8.69. The molecule has 0 aliphatic carbocycles. The number of hydrogen-bond donors (Lipinski definition) is 1. The van der Waals surface area contributed by atoms with Gasteiger partial charge in [-0.1, -0.05) is 0 Å². The maximum absolute atomic E-state index is 5.62. The molecule has 20 heavy (non-hydrogen) atoms. The Morgan fingerprint density at radius 1 is 1.10 bits per heavy atom. The molecular weight excluding hydrogens is 252 g/mol. The second-order valence-corrected chi connectivity index (χ2v) is 6.87. The normalized spacial score (nSPS) is 18.6. The third-order valence-corrected chi connectivity index (χ3v) is 3.82. The van der Waals surface area contributed by atoms with Crippen LogP contribution in [0.4, 0.5) is 0 Å². The third-order valence-electron chi connectivity index (χ3n) is 3.82. The summed E-state index contributed by atoms with van der Waals surface area (Å²) >= 11 is 0. The molecule has 4 heteroatoms. The zero-order valence-corrected chi connectivity index (χ0v) is 13.9. The zero-order valence-electron chi connectivity index (χ0n) is 13.9. The van der Waals surface area contributed by atoms with Crippen LogP contribution >= 0.6 is 0 Å². The van der Waals surface area contributed by atoms with Crippen molar-refractivity contribution in [3.05, 3.63) is 0 Å². The van der Waals surface area contributed by atoms with E-state index in [0.29, 0.717) is 0 Å². The molecule has 0 atom stereocenters. The number of ether oxygens (including phenoxy) is 2. The molecule has 0 aromatic carbocycles. The predicted octanol–water partition coefficient (Wildman–Crippen LogP) is 2.14. The van der Waals surface area contributed by atoms with Gasteiger partial charge in [-0.3, -0.25) is 0 Å². The molecule has 0 aromatic rings. The van der Waals surface area contributed by atoms with Crippen molar-refractivity contribution in [1.82, 2.24) is 10.2 Å².